The van der Waals surface area contributed by atoms with E-state index in [1.165, 1.54) is 32.1 Å². The lowest BCUT2D eigenvalue weighted by Crippen LogP contribution is -2.61. The Balaban J connectivity index is 1.36. The maximum absolute atomic E-state index is 12.1. The second-order valence-electron chi connectivity index (χ2n) is 12.9. The number of carbonyl (C=O) groups excluding carboxylic acids is 1. The summed E-state index contributed by atoms with van der Waals surface area (Å²) < 4.78 is 12.2. The highest BCUT2D eigenvalue weighted by molar-refractivity contribution is 5.74. The van der Waals surface area contributed by atoms with E-state index in [1.807, 2.05) is 0 Å². The maximum Gasteiger partial charge on any atom is 0.309 e. The van der Waals surface area contributed by atoms with Crippen molar-refractivity contribution in [3.8, 4) is 0 Å². The number of hydrogen-bond acceptors (Lipinski definition) is 5. The number of aliphatic hydroxyl groups excluding tert-OH is 2. The molecule has 3 aliphatic heterocycles. The molecule has 174 valence electrons. The minimum Gasteiger partial charge on any atom is -0.459 e. The van der Waals surface area contributed by atoms with E-state index in [9.17, 15) is 15.0 Å². The lowest BCUT2D eigenvalue weighted by atomic mass is 9.38. The van der Waals surface area contributed by atoms with Gasteiger partial charge >= 0.3 is 5.97 Å². The van der Waals surface area contributed by atoms with Crippen LogP contribution in [-0.4, -0.2) is 46.7 Å². The van der Waals surface area contributed by atoms with Crippen LogP contribution in [0.1, 0.15) is 85.0 Å². The number of aliphatic hydroxyl groups is 2. The van der Waals surface area contributed by atoms with Crippen LogP contribution in [0.15, 0.2) is 0 Å². The minimum absolute atomic E-state index is 0.0457. The van der Waals surface area contributed by atoms with E-state index in [2.05, 4.69) is 20.8 Å². The summed E-state index contributed by atoms with van der Waals surface area (Å²) in [5.41, 5.74) is -0.305. The fraction of sp³-hybridized carbons (Fsp3) is 0.962. The molecule has 5 heteroatoms. The number of ether oxygens (including phenoxy) is 2. The molecular weight excluding hydrogens is 392 g/mol. The standard InChI is InChI=1S/C26H40O5/c1-23(14-27)8-4-9-25(3)18(23)7-10-24(2)16-11-20(28)26-13-22(29)30-21(26)12-17(31-26)15(16)5-6-19(24)25/h15-21,27-28H,4-14H2,1-3H3/t15-,16+,17-,18?,19?,20+,21+,23+,24-,25-,26-/m0/s1. The smallest absolute Gasteiger partial charge is 0.309 e. The highest BCUT2D eigenvalue weighted by Crippen LogP contribution is 2.71. The second-order valence-corrected chi connectivity index (χ2v) is 12.9. The molecule has 2 unspecified atom stereocenters. The molecule has 11 atom stereocenters. The fourth-order valence-electron chi connectivity index (χ4n) is 10.4. The Morgan fingerprint density at radius 2 is 1.81 bits per heavy atom. The third kappa shape index (κ3) is 2.52. The van der Waals surface area contributed by atoms with Gasteiger partial charge in [0.1, 0.15) is 11.7 Å². The predicted octanol–water partition coefficient (Wildman–Crippen LogP) is 3.84. The van der Waals surface area contributed by atoms with E-state index >= 15 is 0 Å². The molecule has 3 aliphatic carbocycles. The van der Waals surface area contributed by atoms with E-state index in [-0.39, 0.29) is 40.8 Å². The van der Waals surface area contributed by atoms with Crippen molar-refractivity contribution < 1.29 is 24.5 Å². The third-order valence-electron chi connectivity index (χ3n) is 11.8. The third-order valence-corrected chi connectivity index (χ3v) is 11.8. The van der Waals surface area contributed by atoms with Gasteiger partial charge in [0.2, 0.25) is 0 Å². The Hall–Kier alpha value is -0.650. The van der Waals surface area contributed by atoms with Crippen LogP contribution < -0.4 is 0 Å². The number of hydrogen-bond donors (Lipinski definition) is 2. The van der Waals surface area contributed by atoms with Crippen molar-refractivity contribution in [1.82, 2.24) is 0 Å². The van der Waals surface area contributed by atoms with E-state index in [0.29, 0.717) is 30.3 Å². The molecule has 0 aromatic carbocycles. The summed E-state index contributed by atoms with van der Waals surface area (Å²) in [4.78, 5) is 12.1. The average Bonchev–Trinajstić information content (AvgIpc) is 3.17. The van der Waals surface area contributed by atoms with Crippen LogP contribution in [0.5, 0.6) is 0 Å². The maximum atomic E-state index is 12.1. The van der Waals surface area contributed by atoms with Gasteiger partial charge < -0.3 is 19.7 Å². The van der Waals surface area contributed by atoms with E-state index < -0.39 is 11.7 Å². The summed E-state index contributed by atoms with van der Waals surface area (Å²) in [7, 11) is 0. The first-order chi connectivity index (χ1) is 14.7. The van der Waals surface area contributed by atoms with Gasteiger partial charge in [-0.2, -0.15) is 0 Å². The van der Waals surface area contributed by atoms with Gasteiger partial charge in [0.05, 0.1) is 18.6 Å². The van der Waals surface area contributed by atoms with Gasteiger partial charge in [0, 0.05) is 13.0 Å². The molecule has 0 radical (unpaired) electrons. The summed E-state index contributed by atoms with van der Waals surface area (Å²) >= 11 is 0. The molecule has 6 aliphatic rings. The zero-order valence-electron chi connectivity index (χ0n) is 19.4. The summed E-state index contributed by atoms with van der Waals surface area (Å²) in [6.45, 7) is 7.66. The first kappa shape index (κ1) is 20.9. The molecule has 0 aromatic heterocycles. The molecule has 1 spiro atoms. The fourth-order valence-corrected chi connectivity index (χ4v) is 10.4. The van der Waals surface area contributed by atoms with Crippen LogP contribution in [0.4, 0.5) is 0 Å². The van der Waals surface area contributed by atoms with Crippen LogP contribution in [0.25, 0.3) is 0 Å². The molecule has 2 N–H and O–H groups in total. The number of esters is 1. The summed E-state index contributed by atoms with van der Waals surface area (Å²) in [5, 5.41) is 21.7. The van der Waals surface area contributed by atoms with E-state index in [4.69, 9.17) is 9.47 Å². The zero-order valence-corrected chi connectivity index (χ0v) is 19.4. The Morgan fingerprint density at radius 3 is 2.58 bits per heavy atom. The lowest BCUT2D eigenvalue weighted by Gasteiger charge is -2.67. The molecule has 3 heterocycles. The predicted molar refractivity (Wildman–Crippen MR) is 115 cm³/mol. The van der Waals surface area contributed by atoms with Crippen molar-refractivity contribution >= 4 is 5.97 Å². The van der Waals surface area contributed by atoms with Crippen LogP contribution >= 0.6 is 0 Å². The highest BCUT2D eigenvalue weighted by Gasteiger charge is 2.69. The van der Waals surface area contributed by atoms with Crippen molar-refractivity contribution in [1.29, 1.82) is 0 Å². The van der Waals surface area contributed by atoms with Crippen molar-refractivity contribution in [2.24, 2.45) is 39.9 Å². The Labute approximate surface area is 186 Å². The summed E-state index contributed by atoms with van der Waals surface area (Å²) in [6, 6.07) is 0. The van der Waals surface area contributed by atoms with E-state index in [0.717, 1.165) is 25.7 Å². The van der Waals surface area contributed by atoms with Crippen LogP contribution in [0, 0.1) is 39.9 Å². The van der Waals surface area contributed by atoms with Crippen molar-refractivity contribution in [3.05, 3.63) is 0 Å². The topological polar surface area (TPSA) is 76.0 Å². The molecule has 0 amide bonds. The Morgan fingerprint density at radius 1 is 1.00 bits per heavy atom. The second kappa shape index (κ2) is 6.48. The normalized spacial score (nSPS) is 60.3. The van der Waals surface area contributed by atoms with Crippen molar-refractivity contribution in [2.45, 2.75) is 109 Å². The molecule has 6 rings (SSSR count). The Kier molecular flexibility index (Phi) is 4.37. The van der Waals surface area contributed by atoms with Crippen molar-refractivity contribution in [2.75, 3.05) is 6.61 Å². The molecule has 31 heavy (non-hydrogen) atoms. The Bertz CT molecular complexity index is 784. The van der Waals surface area contributed by atoms with Gasteiger partial charge in [-0.25, -0.2) is 0 Å². The highest BCUT2D eigenvalue weighted by atomic mass is 16.6. The monoisotopic (exact) mass is 432 g/mol. The van der Waals surface area contributed by atoms with Crippen LogP contribution in [-0.2, 0) is 14.3 Å². The number of rotatable bonds is 1. The zero-order chi connectivity index (χ0) is 21.8. The number of fused-ring (bicyclic) bond motifs is 7. The van der Waals surface area contributed by atoms with Crippen LogP contribution in [0.2, 0.25) is 0 Å². The molecule has 5 nitrogen and oxygen atoms in total. The van der Waals surface area contributed by atoms with Gasteiger partial charge in [-0.3, -0.25) is 4.79 Å². The molecule has 2 bridgehead atoms. The van der Waals surface area contributed by atoms with Crippen LogP contribution in [0.3, 0.4) is 0 Å². The van der Waals surface area contributed by atoms with Gasteiger partial charge in [0.25, 0.3) is 0 Å². The van der Waals surface area contributed by atoms with Gasteiger partial charge in [-0.05, 0) is 84.9 Å². The summed E-state index contributed by atoms with van der Waals surface area (Å²) in [5.74, 6) is 1.88. The molecule has 3 saturated heterocycles. The van der Waals surface area contributed by atoms with Crippen molar-refractivity contribution in [3.63, 3.8) is 0 Å². The average molecular weight is 433 g/mol. The number of carbonyl (C=O) groups is 1. The molecule has 0 aromatic rings. The van der Waals surface area contributed by atoms with E-state index in [1.54, 1.807) is 0 Å². The lowest BCUT2D eigenvalue weighted by molar-refractivity contribution is -0.193. The van der Waals surface area contributed by atoms with Gasteiger partial charge in [-0.1, -0.05) is 27.2 Å². The largest absolute Gasteiger partial charge is 0.459 e. The first-order valence-corrected chi connectivity index (χ1v) is 12.8. The van der Waals surface area contributed by atoms with Gasteiger partial charge in [0.15, 0.2) is 0 Å². The molecule has 3 saturated carbocycles. The molecule has 6 fully saturated rings. The quantitative estimate of drug-likeness (QED) is 0.616. The SMILES string of the molecule is C[C@]1(CO)CCC[C@@]2(C)C1CC[C@]1(C)C2CC[C@@H]2[C@@H]3C[C@H]4OC(=O)C[C@]4(O3)[C@H](O)C[C@H]21. The molecular formula is C26H40O5. The minimum atomic E-state index is -0.799. The van der Waals surface area contributed by atoms with Gasteiger partial charge in [-0.15, -0.1) is 0 Å². The first-order valence-electron chi connectivity index (χ1n) is 12.8. The summed E-state index contributed by atoms with van der Waals surface area (Å²) in [6.07, 6.45) is 9.28.